The van der Waals surface area contributed by atoms with Crippen LogP contribution < -0.4 is 5.32 Å². The third-order valence-electron chi connectivity index (χ3n) is 4.72. The van der Waals surface area contributed by atoms with Crippen molar-refractivity contribution < 1.29 is 24.3 Å². The standard InChI is InChI=1S/C22H22N2O5/c1-13(2)10-18(22(28)29)23-19(25)15-7-5-6-14(11-15)12-24-20(26)16-8-3-4-9-17(16)21(24)27/h3-9,11,13,18H,10,12H2,1-2H3,(H,23,25)(H,28,29). The van der Waals surface area contributed by atoms with Gasteiger partial charge in [0.25, 0.3) is 17.7 Å². The average Bonchev–Trinajstić information content (AvgIpc) is 2.92. The Morgan fingerprint density at radius 2 is 1.62 bits per heavy atom. The minimum absolute atomic E-state index is 0.0296. The van der Waals surface area contributed by atoms with E-state index in [1.54, 1.807) is 48.5 Å². The molecule has 2 aromatic rings. The molecule has 29 heavy (non-hydrogen) atoms. The van der Waals surface area contributed by atoms with Crippen LogP contribution in [0.1, 0.15) is 56.9 Å². The fourth-order valence-electron chi connectivity index (χ4n) is 3.31. The number of hydrogen-bond donors (Lipinski definition) is 2. The number of imide groups is 1. The molecule has 2 N–H and O–H groups in total. The zero-order valence-electron chi connectivity index (χ0n) is 16.2. The molecule has 3 amide bonds. The maximum absolute atomic E-state index is 12.5. The van der Waals surface area contributed by atoms with Gasteiger partial charge >= 0.3 is 5.97 Å². The molecule has 1 atom stereocenters. The molecule has 0 spiro atoms. The van der Waals surface area contributed by atoms with E-state index in [1.807, 2.05) is 13.8 Å². The summed E-state index contributed by atoms with van der Waals surface area (Å²) in [4.78, 5) is 50.1. The molecule has 7 heteroatoms. The number of fused-ring (bicyclic) bond motifs is 1. The van der Waals surface area contributed by atoms with Gasteiger partial charge in [0, 0.05) is 5.56 Å². The summed E-state index contributed by atoms with van der Waals surface area (Å²) in [6, 6.07) is 12.1. The van der Waals surface area contributed by atoms with Crippen LogP contribution in [0.4, 0.5) is 0 Å². The Hall–Kier alpha value is -3.48. The van der Waals surface area contributed by atoms with Gasteiger partial charge in [-0.3, -0.25) is 19.3 Å². The summed E-state index contributed by atoms with van der Waals surface area (Å²) in [5, 5.41) is 11.8. The molecular weight excluding hydrogens is 372 g/mol. The first kappa shape index (κ1) is 20.3. The van der Waals surface area contributed by atoms with Gasteiger partial charge < -0.3 is 10.4 Å². The Labute approximate surface area is 168 Å². The lowest BCUT2D eigenvalue weighted by atomic mass is 10.0. The van der Waals surface area contributed by atoms with E-state index in [1.165, 1.54) is 0 Å². The van der Waals surface area contributed by atoms with Gasteiger partial charge in [-0.1, -0.05) is 38.1 Å². The van der Waals surface area contributed by atoms with Gasteiger partial charge in [0.1, 0.15) is 6.04 Å². The van der Waals surface area contributed by atoms with E-state index in [4.69, 9.17) is 0 Å². The molecule has 3 rings (SSSR count). The Balaban J connectivity index is 1.75. The number of carboxylic acids is 1. The van der Waals surface area contributed by atoms with E-state index < -0.39 is 17.9 Å². The van der Waals surface area contributed by atoms with E-state index >= 15 is 0 Å². The Bertz CT molecular complexity index is 948. The molecule has 0 bridgehead atoms. The zero-order chi connectivity index (χ0) is 21.1. The van der Waals surface area contributed by atoms with Crippen LogP contribution in [0.5, 0.6) is 0 Å². The fraction of sp³-hybridized carbons (Fsp3) is 0.273. The molecule has 0 saturated carbocycles. The Morgan fingerprint density at radius 3 is 2.17 bits per heavy atom. The molecule has 1 unspecified atom stereocenters. The van der Waals surface area contributed by atoms with Gasteiger partial charge in [-0.05, 0) is 42.2 Å². The summed E-state index contributed by atoms with van der Waals surface area (Å²) in [6.45, 7) is 3.79. The number of carboxylic acid groups (broad SMARTS) is 1. The Kier molecular flexibility index (Phi) is 5.77. The van der Waals surface area contributed by atoms with E-state index in [0.29, 0.717) is 23.1 Å². The van der Waals surface area contributed by atoms with Crippen LogP contribution in [0.2, 0.25) is 0 Å². The first-order valence-electron chi connectivity index (χ1n) is 9.35. The number of rotatable bonds is 7. The van der Waals surface area contributed by atoms with E-state index in [-0.39, 0.29) is 29.8 Å². The largest absolute Gasteiger partial charge is 0.480 e. The molecular formula is C22H22N2O5. The van der Waals surface area contributed by atoms with E-state index in [0.717, 1.165) is 4.90 Å². The second-order valence-electron chi connectivity index (χ2n) is 7.44. The summed E-state index contributed by atoms with van der Waals surface area (Å²) in [5.74, 6) is -2.24. The van der Waals surface area contributed by atoms with Crippen molar-refractivity contribution in [3.8, 4) is 0 Å². The lowest BCUT2D eigenvalue weighted by Crippen LogP contribution is -2.41. The third kappa shape index (κ3) is 4.34. The number of carbonyl (C=O) groups excluding carboxylic acids is 3. The number of hydrogen-bond acceptors (Lipinski definition) is 4. The summed E-state index contributed by atoms with van der Waals surface area (Å²) in [7, 11) is 0. The number of aliphatic carboxylic acids is 1. The number of nitrogens with one attached hydrogen (secondary N) is 1. The summed E-state index contributed by atoms with van der Waals surface area (Å²) in [5.41, 5.74) is 1.60. The van der Waals surface area contributed by atoms with Gasteiger partial charge in [-0.25, -0.2) is 4.79 Å². The molecule has 0 saturated heterocycles. The minimum atomic E-state index is -1.09. The smallest absolute Gasteiger partial charge is 0.326 e. The quantitative estimate of drug-likeness (QED) is 0.703. The summed E-state index contributed by atoms with van der Waals surface area (Å²) < 4.78 is 0. The first-order chi connectivity index (χ1) is 13.8. The molecule has 1 aliphatic rings. The highest BCUT2D eigenvalue weighted by atomic mass is 16.4. The van der Waals surface area contributed by atoms with Crippen LogP contribution in [-0.4, -0.2) is 39.7 Å². The van der Waals surface area contributed by atoms with Crippen LogP contribution in [0.3, 0.4) is 0 Å². The molecule has 150 valence electrons. The molecule has 7 nitrogen and oxygen atoms in total. The van der Waals surface area contributed by atoms with Crippen LogP contribution in [0.25, 0.3) is 0 Å². The monoisotopic (exact) mass is 394 g/mol. The van der Waals surface area contributed by atoms with Crippen LogP contribution in [0, 0.1) is 5.92 Å². The number of benzene rings is 2. The van der Waals surface area contributed by atoms with Crippen molar-refractivity contribution in [3.63, 3.8) is 0 Å². The molecule has 1 aliphatic heterocycles. The maximum Gasteiger partial charge on any atom is 0.326 e. The van der Waals surface area contributed by atoms with E-state index in [9.17, 15) is 24.3 Å². The second-order valence-corrected chi connectivity index (χ2v) is 7.44. The lowest BCUT2D eigenvalue weighted by Gasteiger charge is -2.17. The highest BCUT2D eigenvalue weighted by molar-refractivity contribution is 6.21. The molecule has 0 radical (unpaired) electrons. The van der Waals surface area contributed by atoms with Crippen molar-refractivity contribution in [2.24, 2.45) is 5.92 Å². The first-order valence-corrected chi connectivity index (χ1v) is 9.35. The molecule has 0 fully saturated rings. The predicted molar refractivity (Wildman–Crippen MR) is 105 cm³/mol. The van der Waals surface area contributed by atoms with Crippen molar-refractivity contribution in [1.82, 2.24) is 10.2 Å². The highest BCUT2D eigenvalue weighted by Gasteiger charge is 2.35. The molecule has 2 aromatic carbocycles. The van der Waals surface area contributed by atoms with Crippen molar-refractivity contribution >= 4 is 23.7 Å². The maximum atomic E-state index is 12.5. The zero-order valence-corrected chi connectivity index (χ0v) is 16.2. The summed E-state index contributed by atoms with van der Waals surface area (Å²) in [6.07, 6.45) is 0.315. The van der Waals surface area contributed by atoms with Crippen LogP contribution in [-0.2, 0) is 11.3 Å². The predicted octanol–water partition coefficient (Wildman–Crippen LogP) is 2.71. The van der Waals surface area contributed by atoms with Gasteiger partial charge in [0.05, 0.1) is 17.7 Å². The van der Waals surface area contributed by atoms with Crippen molar-refractivity contribution in [1.29, 1.82) is 0 Å². The number of nitrogens with zero attached hydrogens (tertiary/aromatic N) is 1. The molecule has 0 aromatic heterocycles. The van der Waals surface area contributed by atoms with Crippen molar-refractivity contribution in [2.75, 3.05) is 0 Å². The fourth-order valence-corrected chi connectivity index (χ4v) is 3.31. The highest BCUT2D eigenvalue weighted by Crippen LogP contribution is 2.24. The van der Waals surface area contributed by atoms with Gasteiger partial charge in [-0.2, -0.15) is 0 Å². The van der Waals surface area contributed by atoms with Crippen LogP contribution >= 0.6 is 0 Å². The van der Waals surface area contributed by atoms with Gasteiger partial charge in [0.2, 0.25) is 0 Å². The van der Waals surface area contributed by atoms with E-state index in [2.05, 4.69) is 5.32 Å². The second kappa shape index (κ2) is 8.26. The lowest BCUT2D eigenvalue weighted by molar-refractivity contribution is -0.139. The summed E-state index contributed by atoms with van der Waals surface area (Å²) >= 11 is 0. The Morgan fingerprint density at radius 1 is 1.00 bits per heavy atom. The normalized spacial score (nSPS) is 14.1. The topological polar surface area (TPSA) is 104 Å². The molecule has 1 heterocycles. The van der Waals surface area contributed by atoms with Crippen molar-refractivity contribution in [3.05, 3.63) is 70.8 Å². The third-order valence-corrected chi connectivity index (χ3v) is 4.72. The minimum Gasteiger partial charge on any atom is -0.480 e. The number of amides is 3. The SMILES string of the molecule is CC(C)CC(NC(=O)c1cccc(CN2C(=O)c3ccccc3C2=O)c1)C(=O)O. The van der Waals surface area contributed by atoms with Crippen LogP contribution in [0.15, 0.2) is 48.5 Å². The average molecular weight is 394 g/mol. The van der Waals surface area contributed by atoms with Gasteiger partial charge in [-0.15, -0.1) is 0 Å². The van der Waals surface area contributed by atoms with Gasteiger partial charge in [0.15, 0.2) is 0 Å². The molecule has 0 aliphatic carbocycles. The van der Waals surface area contributed by atoms with Crippen molar-refractivity contribution in [2.45, 2.75) is 32.9 Å². The number of carbonyl (C=O) groups is 4.